The van der Waals surface area contributed by atoms with E-state index >= 15 is 0 Å². The molecule has 24 heavy (non-hydrogen) atoms. The van der Waals surface area contributed by atoms with E-state index in [2.05, 4.69) is 10.3 Å². The highest BCUT2D eigenvalue weighted by Gasteiger charge is 2.24. The SMILES string of the molecule is CC(C)NC(=O)c1ccc(F)c(-c2nc(C(=O)O)ccc2F)c1F. The van der Waals surface area contributed by atoms with Gasteiger partial charge in [0.2, 0.25) is 0 Å². The summed E-state index contributed by atoms with van der Waals surface area (Å²) < 4.78 is 42.5. The van der Waals surface area contributed by atoms with Crippen LogP contribution in [0.2, 0.25) is 0 Å². The van der Waals surface area contributed by atoms with Gasteiger partial charge < -0.3 is 10.4 Å². The normalized spacial score (nSPS) is 10.8. The maximum atomic E-state index is 14.6. The molecule has 2 rings (SSSR count). The molecule has 0 radical (unpaired) electrons. The first-order valence-corrected chi connectivity index (χ1v) is 6.91. The van der Waals surface area contributed by atoms with Crippen molar-refractivity contribution in [3.05, 3.63) is 53.0 Å². The zero-order valence-corrected chi connectivity index (χ0v) is 12.7. The number of nitrogens with one attached hydrogen (secondary N) is 1. The number of carbonyl (C=O) groups is 2. The van der Waals surface area contributed by atoms with Gasteiger partial charge in [0, 0.05) is 6.04 Å². The van der Waals surface area contributed by atoms with Crippen molar-refractivity contribution in [1.29, 1.82) is 0 Å². The molecule has 2 N–H and O–H groups in total. The highest BCUT2D eigenvalue weighted by atomic mass is 19.1. The van der Waals surface area contributed by atoms with Crippen molar-refractivity contribution in [2.75, 3.05) is 0 Å². The number of aromatic carboxylic acids is 1. The summed E-state index contributed by atoms with van der Waals surface area (Å²) in [5.41, 5.74) is -2.79. The molecular formula is C16H13F3N2O3. The van der Waals surface area contributed by atoms with Crippen LogP contribution in [0.15, 0.2) is 24.3 Å². The van der Waals surface area contributed by atoms with Crippen LogP contribution in [0.3, 0.4) is 0 Å². The summed E-state index contributed by atoms with van der Waals surface area (Å²) in [5.74, 6) is -5.88. The number of rotatable bonds is 4. The number of amides is 1. The van der Waals surface area contributed by atoms with Gasteiger partial charge in [-0.2, -0.15) is 0 Å². The summed E-state index contributed by atoms with van der Waals surface area (Å²) in [4.78, 5) is 26.3. The van der Waals surface area contributed by atoms with E-state index in [0.717, 1.165) is 24.3 Å². The average molecular weight is 338 g/mol. The fourth-order valence-electron chi connectivity index (χ4n) is 2.02. The van der Waals surface area contributed by atoms with E-state index in [1.165, 1.54) is 0 Å². The molecule has 8 heteroatoms. The highest BCUT2D eigenvalue weighted by Crippen LogP contribution is 2.29. The largest absolute Gasteiger partial charge is 0.477 e. The van der Waals surface area contributed by atoms with E-state index in [1.807, 2.05) is 0 Å². The number of halogens is 3. The molecule has 0 saturated carbocycles. The van der Waals surface area contributed by atoms with Crippen LogP contribution in [0.25, 0.3) is 11.3 Å². The summed E-state index contributed by atoms with van der Waals surface area (Å²) in [6.45, 7) is 3.30. The molecule has 5 nitrogen and oxygen atoms in total. The Morgan fingerprint density at radius 1 is 1.08 bits per heavy atom. The molecule has 0 unspecified atom stereocenters. The maximum Gasteiger partial charge on any atom is 0.354 e. The van der Waals surface area contributed by atoms with Gasteiger partial charge >= 0.3 is 5.97 Å². The van der Waals surface area contributed by atoms with Crippen LogP contribution in [-0.2, 0) is 0 Å². The van der Waals surface area contributed by atoms with Gasteiger partial charge in [0.15, 0.2) is 0 Å². The third-order valence-electron chi connectivity index (χ3n) is 3.06. The molecule has 0 bridgehead atoms. The Hall–Kier alpha value is -2.90. The number of carboxylic acid groups (broad SMARTS) is 1. The van der Waals surface area contributed by atoms with Crippen molar-refractivity contribution < 1.29 is 27.9 Å². The number of pyridine rings is 1. The maximum absolute atomic E-state index is 14.6. The van der Waals surface area contributed by atoms with E-state index in [1.54, 1.807) is 13.8 Å². The summed E-state index contributed by atoms with van der Waals surface area (Å²) in [5, 5.41) is 11.3. The highest BCUT2D eigenvalue weighted by molar-refractivity contribution is 5.96. The van der Waals surface area contributed by atoms with Crippen molar-refractivity contribution in [3.63, 3.8) is 0 Å². The molecule has 126 valence electrons. The lowest BCUT2D eigenvalue weighted by Gasteiger charge is -2.12. The molecule has 2 aromatic rings. The predicted molar refractivity (Wildman–Crippen MR) is 79.1 cm³/mol. The lowest BCUT2D eigenvalue weighted by atomic mass is 10.0. The van der Waals surface area contributed by atoms with E-state index < -0.39 is 51.8 Å². The minimum absolute atomic E-state index is 0.296. The van der Waals surface area contributed by atoms with Crippen LogP contribution in [0.5, 0.6) is 0 Å². The Bertz CT molecular complexity index is 822. The van der Waals surface area contributed by atoms with Crippen LogP contribution in [0, 0.1) is 17.5 Å². The van der Waals surface area contributed by atoms with E-state index in [-0.39, 0.29) is 6.04 Å². The van der Waals surface area contributed by atoms with Gasteiger partial charge in [-0.3, -0.25) is 4.79 Å². The average Bonchev–Trinajstić information content (AvgIpc) is 2.47. The fraction of sp³-hybridized carbons (Fsp3) is 0.188. The standard InChI is InChI=1S/C16H13F3N2O3/c1-7(2)20-15(22)8-3-4-9(17)12(13(8)19)14-10(18)5-6-11(21-14)16(23)24/h3-7H,1-2H3,(H,20,22)(H,23,24). The third kappa shape index (κ3) is 3.37. The first kappa shape index (κ1) is 17.5. The zero-order valence-electron chi connectivity index (χ0n) is 12.7. The number of hydrogen-bond acceptors (Lipinski definition) is 3. The summed E-state index contributed by atoms with van der Waals surface area (Å²) in [6.07, 6.45) is 0. The van der Waals surface area contributed by atoms with Gasteiger partial charge in [-0.1, -0.05) is 0 Å². The van der Waals surface area contributed by atoms with E-state index in [9.17, 15) is 22.8 Å². The van der Waals surface area contributed by atoms with Gasteiger partial charge in [-0.05, 0) is 38.1 Å². The summed E-state index contributed by atoms with van der Waals surface area (Å²) in [7, 11) is 0. The Morgan fingerprint density at radius 2 is 1.71 bits per heavy atom. The first-order chi connectivity index (χ1) is 11.2. The summed E-state index contributed by atoms with van der Waals surface area (Å²) in [6, 6.07) is 3.03. The van der Waals surface area contributed by atoms with Crippen molar-refractivity contribution in [2.45, 2.75) is 19.9 Å². The number of aromatic nitrogens is 1. The van der Waals surface area contributed by atoms with Crippen molar-refractivity contribution >= 4 is 11.9 Å². The quantitative estimate of drug-likeness (QED) is 0.898. The molecule has 0 aliphatic rings. The predicted octanol–water partition coefficient (Wildman–Crippen LogP) is 3.00. The van der Waals surface area contributed by atoms with Gasteiger partial charge in [0.1, 0.15) is 28.8 Å². The van der Waals surface area contributed by atoms with Crippen molar-refractivity contribution in [1.82, 2.24) is 10.3 Å². The first-order valence-electron chi connectivity index (χ1n) is 6.91. The van der Waals surface area contributed by atoms with Gasteiger partial charge in [-0.25, -0.2) is 22.9 Å². The molecule has 0 saturated heterocycles. The Kier molecular flexibility index (Phi) is 4.87. The Morgan fingerprint density at radius 3 is 2.29 bits per heavy atom. The molecule has 0 aliphatic carbocycles. The second kappa shape index (κ2) is 6.69. The monoisotopic (exact) mass is 338 g/mol. The van der Waals surface area contributed by atoms with Crippen molar-refractivity contribution in [3.8, 4) is 11.3 Å². The number of carbonyl (C=O) groups excluding carboxylic acids is 1. The minimum Gasteiger partial charge on any atom is -0.477 e. The topological polar surface area (TPSA) is 79.3 Å². The van der Waals surface area contributed by atoms with Crippen LogP contribution in [0.1, 0.15) is 34.7 Å². The van der Waals surface area contributed by atoms with Gasteiger partial charge in [0.05, 0.1) is 11.1 Å². The smallest absolute Gasteiger partial charge is 0.354 e. The minimum atomic E-state index is -1.48. The van der Waals surface area contributed by atoms with Crippen LogP contribution < -0.4 is 5.32 Å². The van der Waals surface area contributed by atoms with Gasteiger partial charge in [-0.15, -0.1) is 0 Å². The van der Waals surface area contributed by atoms with Gasteiger partial charge in [0.25, 0.3) is 5.91 Å². The third-order valence-corrected chi connectivity index (χ3v) is 3.06. The Balaban J connectivity index is 2.65. The molecule has 1 heterocycles. The number of benzene rings is 1. The van der Waals surface area contributed by atoms with Crippen molar-refractivity contribution in [2.24, 2.45) is 0 Å². The molecule has 0 fully saturated rings. The lowest BCUT2D eigenvalue weighted by molar-refractivity contribution is 0.0690. The fourth-order valence-corrected chi connectivity index (χ4v) is 2.02. The second-order valence-corrected chi connectivity index (χ2v) is 5.24. The van der Waals surface area contributed by atoms with E-state index in [0.29, 0.717) is 0 Å². The second-order valence-electron chi connectivity index (χ2n) is 5.24. The molecule has 0 aliphatic heterocycles. The van der Waals surface area contributed by atoms with E-state index in [4.69, 9.17) is 5.11 Å². The molecule has 0 spiro atoms. The molecule has 1 aromatic carbocycles. The number of hydrogen-bond donors (Lipinski definition) is 2. The number of carboxylic acids is 1. The molecule has 1 amide bonds. The molecular weight excluding hydrogens is 325 g/mol. The number of nitrogens with zero attached hydrogens (tertiary/aromatic N) is 1. The zero-order chi connectivity index (χ0) is 18.0. The lowest BCUT2D eigenvalue weighted by Crippen LogP contribution is -2.31. The Labute approximate surface area is 135 Å². The van der Waals surface area contributed by atoms with Crippen LogP contribution in [-0.4, -0.2) is 28.0 Å². The van der Waals surface area contributed by atoms with Crippen LogP contribution >= 0.6 is 0 Å². The summed E-state index contributed by atoms with van der Waals surface area (Å²) >= 11 is 0. The van der Waals surface area contributed by atoms with Crippen LogP contribution in [0.4, 0.5) is 13.2 Å². The molecule has 0 atom stereocenters. The molecule has 1 aromatic heterocycles.